The zero-order valence-corrected chi connectivity index (χ0v) is 11.3. The van der Waals surface area contributed by atoms with Crippen molar-refractivity contribution in [3.05, 3.63) is 64.7 Å². The fourth-order valence-electron chi connectivity index (χ4n) is 2.24. The highest BCUT2D eigenvalue weighted by Gasteiger charge is 2.12. The van der Waals surface area contributed by atoms with E-state index in [2.05, 4.69) is 39.0 Å². The van der Waals surface area contributed by atoms with Gasteiger partial charge in [-0.25, -0.2) is 0 Å². The van der Waals surface area contributed by atoms with Crippen LogP contribution in [-0.4, -0.2) is 5.11 Å². The normalized spacial score (nSPS) is 10.9. The highest BCUT2D eigenvalue weighted by atomic mass is 16.3. The number of aryl methyl sites for hydroxylation is 1. The van der Waals surface area contributed by atoms with E-state index in [9.17, 15) is 5.11 Å². The monoisotopic (exact) mass is 240 g/mol. The molecule has 0 saturated carbocycles. The van der Waals surface area contributed by atoms with E-state index in [4.69, 9.17) is 0 Å². The van der Waals surface area contributed by atoms with Crippen LogP contribution in [0.4, 0.5) is 0 Å². The number of aromatic hydroxyl groups is 1. The lowest BCUT2D eigenvalue weighted by Crippen LogP contribution is -1.97. The van der Waals surface area contributed by atoms with E-state index < -0.39 is 0 Å². The number of hydrogen-bond acceptors (Lipinski definition) is 1. The molecule has 0 atom stereocenters. The van der Waals surface area contributed by atoms with Gasteiger partial charge in [-0.2, -0.15) is 0 Å². The lowest BCUT2D eigenvalue weighted by atomic mass is 9.92. The summed E-state index contributed by atoms with van der Waals surface area (Å²) < 4.78 is 0. The van der Waals surface area contributed by atoms with E-state index >= 15 is 0 Å². The molecule has 1 N–H and O–H groups in total. The summed E-state index contributed by atoms with van der Waals surface area (Å²) in [5, 5.41) is 10.4. The molecule has 94 valence electrons. The smallest absolute Gasteiger partial charge is 0.122 e. The van der Waals surface area contributed by atoms with E-state index in [1.54, 1.807) is 0 Å². The van der Waals surface area contributed by atoms with Crippen molar-refractivity contribution in [3.63, 3.8) is 0 Å². The van der Waals surface area contributed by atoms with Crippen molar-refractivity contribution >= 4 is 0 Å². The quantitative estimate of drug-likeness (QED) is 0.842. The molecule has 2 aromatic carbocycles. The van der Waals surface area contributed by atoms with Crippen LogP contribution in [0.15, 0.2) is 42.5 Å². The summed E-state index contributed by atoms with van der Waals surface area (Å²) in [5.74, 6) is 0.814. The molecule has 1 nitrogen and oxygen atoms in total. The van der Waals surface area contributed by atoms with Crippen molar-refractivity contribution < 1.29 is 5.11 Å². The Hall–Kier alpha value is -1.76. The molecule has 0 saturated heterocycles. The predicted molar refractivity (Wildman–Crippen MR) is 76.2 cm³/mol. The Kier molecular flexibility index (Phi) is 3.71. The second-order valence-corrected chi connectivity index (χ2v) is 5.12. The first-order valence-corrected chi connectivity index (χ1v) is 6.45. The Bertz CT molecular complexity index is 527. The lowest BCUT2D eigenvalue weighted by molar-refractivity contribution is 0.458. The highest BCUT2D eigenvalue weighted by molar-refractivity contribution is 5.48. The molecule has 1 heteroatoms. The van der Waals surface area contributed by atoms with Gasteiger partial charge in [0.15, 0.2) is 0 Å². The van der Waals surface area contributed by atoms with Crippen LogP contribution in [0.2, 0.25) is 0 Å². The van der Waals surface area contributed by atoms with Crippen molar-refractivity contribution in [2.45, 2.75) is 33.1 Å². The first-order chi connectivity index (χ1) is 8.59. The molecule has 0 aliphatic carbocycles. The Morgan fingerprint density at radius 1 is 1.00 bits per heavy atom. The third kappa shape index (κ3) is 2.56. The van der Waals surface area contributed by atoms with E-state index in [1.165, 1.54) is 5.56 Å². The van der Waals surface area contributed by atoms with Gasteiger partial charge in [0.1, 0.15) is 5.75 Å². The van der Waals surface area contributed by atoms with Crippen molar-refractivity contribution in [2.24, 2.45) is 0 Å². The Morgan fingerprint density at radius 2 is 1.67 bits per heavy atom. The summed E-state index contributed by atoms with van der Waals surface area (Å²) in [7, 11) is 0. The van der Waals surface area contributed by atoms with E-state index in [1.807, 2.05) is 24.3 Å². The Labute approximate surface area is 109 Å². The number of hydrogen-bond donors (Lipinski definition) is 1. The number of phenolic OH excluding ortho intramolecular Hbond substituents is 1. The van der Waals surface area contributed by atoms with Gasteiger partial charge < -0.3 is 5.11 Å². The van der Waals surface area contributed by atoms with E-state index in [0.717, 1.165) is 23.1 Å². The van der Waals surface area contributed by atoms with Crippen molar-refractivity contribution in [1.29, 1.82) is 0 Å². The summed E-state index contributed by atoms with van der Waals surface area (Å²) in [6.45, 7) is 6.27. The maximum absolute atomic E-state index is 10.4. The molecule has 0 spiro atoms. The zero-order chi connectivity index (χ0) is 13.1. The second kappa shape index (κ2) is 5.26. The first kappa shape index (κ1) is 12.7. The molecule has 0 aliphatic heterocycles. The molecular formula is C17H20O. The second-order valence-electron chi connectivity index (χ2n) is 5.12. The molecule has 0 heterocycles. The van der Waals surface area contributed by atoms with Crippen molar-refractivity contribution in [3.8, 4) is 5.75 Å². The van der Waals surface area contributed by atoms with Gasteiger partial charge >= 0.3 is 0 Å². The van der Waals surface area contributed by atoms with Crippen molar-refractivity contribution in [1.82, 2.24) is 0 Å². The molecule has 2 aromatic rings. The SMILES string of the molecule is Cc1ccc(C(C)C)c(O)c1Cc1ccccc1. The molecular weight excluding hydrogens is 220 g/mol. The van der Waals surface area contributed by atoms with Crippen LogP contribution in [-0.2, 0) is 6.42 Å². The largest absolute Gasteiger partial charge is 0.507 e. The maximum atomic E-state index is 10.4. The molecule has 0 aromatic heterocycles. The van der Waals surface area contributed by atoms with Gasteiger partial charge in [-0.15, -0.1) is 0 Å². The van der Waals surface area contributed by atoms with Gasteiger partial charge in [-0.05, 0) is 29.5 Å². The van der Waals surface area contributed by atoms with Gasteiger partial charge in [0, 0.05) is 12.0 Å². The summed E-state index contributed by atoms with van der Waals surface area (Å²) >= 11 is 0. The van der Waals surface area contributed by atoms with Gasteiger partial charge in [0.25, 0.3) is 0 Å². The number of phenols is 1. The molecule has 0 bridgehead atoms. The average molecular weight is 240 g/mol. The van der Waals surface area contributed by atoms with Gasteiger partial charge in [-0.3, -0.25) is 0 Å². The van der Waals surface area contributed by atoms with Crippen LogP contribution in [0.3, 0.4) is 0 Å². The average Bonchev–Trinajstić information content (AvgIpc) is 2.35. The number of benzene rings is 2. The standard InChI is InChI=1S/C17H20O/c1-12(2)15-10-9-13(3)16(17(15)18)11-14-7-5-4-6-8-14/h4-10,12,18H,11H2,1-3H3. The summed E-state index contributed by atoms with van der Waals surface area (Å²) in [6, 6.07) is 14.4. The van der Waals surface area contributed by atoms with Crippen LogP contribution in [0.25, 0.3) is 0 Å². The van der Waals surface area contributed by atoms with E-state index in [0.29, 0.717) is 11.7 Å². The van der Waals surface area contributed by atoms with Crippen LogP contribution in [0.1, 0.15) is 42.0 Å². The topological polar surface area (TPSA) is 20.2 Å². The first-order valence-electron chi connectivity index (χ1n) is 6.45. The third-order valence-corrected chi connectivity index (χ3v) is 3.39. The molecule has 18 heavy (non-hydrogen) atoms. The van der Waals surface area contributed by atoms with Crippen LogP contribution in [0.5, 0.6) is 5.75 Å². The summed E-state index contributed by atoms with van der Waals surface area (Å²) in [4.78, 5) is 0. The van der Waals surface area contributed by atoms with E-state index in [-0.39, 0.29) is 0 Å². The van der Waals surface area contributed by atoms with Gasteiger partial charge in [-0.1, -0.05) is 56.3 Å². The van der Waals surface area contributed by atoms with Crippen LogP contribution < -0.4 is 0 Å². The fraction of sp³-hybridized carbons (Fsp3) is 0.294. The van der Waals surface area contributed by atoms with Crippen LogP contribution >= 0.6 is 0 Å². The third-order valence-electron chi connectivity index (χ3n) is 3.39. The minimum atomic E-state index is 0.347. The fourth-order valence-corrected chi connectivity index (χ4v) is 2.24. The maximum Gasteiger partial charge on any atom is 0.122 e. The minimum Gasteiger partial charge on any atom is -0.507 e. The molecule has 0 radical (unpaired) electrons. The molecule has 0 amide bonds. The lowest BCUT2D eigenvalue weighted by Gasteiger charge is -2.15. The molecule has 0 aliphatic rings. The van der Waals surface area contributed by atoms with Gasteiger partial charge in [0.05, 0.1) is 0 Å². The highest BCUT2D eigenvalue weighted by Crippen LogP contribution is 2.32. The van der Waals surface area contributed by atoms with Crippen molar-refractivity contribution in [2.75, 3.05) is 0 Å². The molecule has 0 fully saturated rings. The summed E-state index contributed by atoms with van der Waals surface area (Å²) in [6.07, 6.45) is 0.791. The Morgan fingerprint density at radius 3 is 2.28 bits per heavy atom. The summed E-state index contributed by atoms with van der Waals surface area (Å²) in [5.41, 5.74) is 4.47. The van der Waals surface area contributed by atoms with Crippen LogP contribution in [0, 0.1) is 6.92 Å². The van der Waals surface area contributed by atoms with Gasteiger partial charge in [0.2, 0.25) is 0 Å². The predicted octanol–water partition coefficient (Wildman–Crippen LogP) is 4.41. The molecule has 2 rings (SSSR count). The number of rotatable bonds is 3. The molecule has 0 unspecified atom stereocenters. The minimum absolute atomic E-state index is 0.347. The zero-order valence-electron chi connectivity index (χ0n) is 11.3. The Balaban J connectivity index is 2.41.